The molecule has 0 radical (unpaired) electrons. The van der Waals surface area contributed by atoms with Gasteiger partial charge in [-0.15, -0.1) is 0 Å². The molecule has 0 bridgehead atoms. The van der Waals surface area contributed by atoms with E-state index in [-0.39, 0.29) is 16.7 Å². The first-order valence-corrected chi connectivity index (χ1v) is 8.93. The van der Waals surface area contributed by atoms with Crippen LogP contribution in [0.4, 0.5) is 0 Å². The number of hydrogen-bond donors (Lipinski definition) is 1. The molecule has 128 valence electrons. The maximum Gasteiger partial charge on any atom is 0.341 e. The third kappa shape index (κ3) is 2.04. The van der Waals surface area contributed by atoms with Gasteiger partial charge in [0, 0.05) is 11.8 Å². The van der Waals surface area contributed by atoms with Crippen LogP contribution in [0.1, 0.15) is 66.4 Å². The van der Waals surface area contributed by atoms with E-state index in [4.69, 9.17) is 4.74 Å². The highest BCUT2D eigenvalue weighted by atomic mass is 16.5. The van der Waals surface area contributed by atoms with Gasteiger partial charge in [-0.05, 0) is 73.1 Å². The summed E-state index contributed by atoms with van der Waals surface area (Å²) < 4.78 is 4.80. The van der Waals surface area contributed by atoms with Crippen molar-refractivity contribution in [2.24, 2.45) is 17.3 Å². The molecule has 2 fully saturated rings. The number of carbonyl (C=O) groups is 2. The predicted octanol–water partition coefficient (Wildman–Crippen LogP) is 3.60. The number of phenolic OH excluding ortho intramolecular Hbond substituents is 1. The maximum absolute atomic E-state index is 12.4. The van der Waals surface area contributed by atoms with Gasteiger partial charge >= 0.3 is 5.97 Å². The lowest BCUT2D eigenvalue weighted by Crippen LogP contribution is -2.42. The van der Waals surface area contributed by atoms with Crippen LogP contribution in [0.15, 0.2) is 12.1 Å². The quantitative estimate of drug-likeness (QED) is 0.800. The molecule has 1 aromatic carbocycles. The van der Waals surface area contributed by atoms with Crippen molar-refractivity contribution in [3.8, 4) is 5.75 Å². The minimum Gasteiger partial charge on any atom is -0.507 e. The Morgan fingerprint density at radius 1 is 1.25 bits per heavy atom. The normalized spacial score (nSPS) is 34.2. The smallest absolute Gasteiger partial charge is 0.341 e. The molecule has 4 atom stereocenters. The Balaban J connectivity index is 1.74. The Bertz CT molecular complexity index is 723. The zero-order chi connectivity index (χ0) is 17.1. The number of rotatable bonds is 1. The van der Waals surface area contributed by atoms with Gasteiger partial charge in [-0.3, -0.25) is 4.79 Å². The fraction of sp³-hybridized carbons (Fsp3) is 0.600. The third-order valence-corrected chi connectivity index (χ3v) is 6.96. The van der Waals surface area contributed by atoms with Crippen LogP contribution in [0.5, 0.6) is 5.75 Å². The Kier molecular flexibility index (Phi) is 3.48. The molecule has 4 rings (SSSR count). The highest BCUT2D eigenvalue weighted by molar-refractivity contribution is 5.93. The van der Waals surface area contributed by atoms with Crippen LogP contribution in [0.3, 0.4) is 0 Å². The molecule has 3 aliphatic carbocycles. The first-order chi connectivity index (χ1) is 11.5. The van der Waals surface area contributed by atoms with Gasteiger partial charge in [-0.1, -0.05) is 6.92 Å². The first-order valence-electron chi connectivity index (χ1n) is 8.93. The minimum absolute atomic E-state index is 0.00995. The molecule has 0 saturated heterocycles. The van der Waals surface area contributed by atoms with E-state index in [0.717, 1.165) is 44.1 Å². The number of benzene rings is 1. The fourth-order valence-electron chi connectivity index (χ4n) is 5.65. The number of ether oxygens (including phenoxy) is 1. The monoisotopic (exact) mass is 328 g/mol. The molecule has 0 heterocycles. The van der Waals surface area contributed by atoms with Crippen molar-refractivity contribution in [3.63, 3.8) is 0 Å². The van der Waals surface area contributed by atoms with Crippen molar-refractivity contribution in [1.29, 1.82) is 0 Å². The number of aryl methyl sites for hydroxylation is 1. The molecule has 1 N–H and O–H groups in total. The molecule has 0 unspecified atom stereocenters. The van der Waals surface area contributed by atoms with E-state index in [1.807, 2.05) is 6.07 Å². The highest BCUT2D eigenvalue weighted by Gasteiger charge is 2.54. The Morgan fingerprint density at radius 3 is 2.79 bits per heavy atom. The number of methoxy groups -OCH3 is 1. The van der Waals surface area contributed by atoms with Crippen LogP contribution in [-0.4, -0.2) is 24.0 Å². The van der Waals surface area contributed by atoms with Gasteiger partial charge in [0.05, 0.1) is 7.11 Å². The second-order valence-corrected chi connectivity index (χ2v) is 7.89. The van der Waals surface area contributed by atoms with E-state index in [2.05, 4.69) is 6.92 Å². The van der Waals surface area contributed by atoms with Crippen LogP contribution in [0.2, 0.25) is 0 Å². The standard InChI is InChI=1S/C20H24O4/c1-20-8-7-12-13(16(20)5-6-18(20)22)4-3-11-9-17(21)15(10-14(11)12)19(23)24-2/h9-10,12-13,16,21H,3-8H2,1-2H3/t12-,13+,16-,20-/m0/s1. The van der Waals surface area contributed by atoms with E-state index < -0.39 is 5.97 Å². The van der Waals surface area contributed by atoms with Gasteiger partial charge < -0.3 is 9.84 Å². The van der Waals surface area contributed by atoms with Crippen molar-refractivity contribution in [2.75, 3.05) is 7.11 Å². The van der Waals surface area contributed by atoms with Gasteiger partial charge in [-0.25, -0.2) is 4.79 Å². The maximum atomic E-state index is 12.4. The molecule has 1 aromatic rings. The molecule has 24 heavy (non-hydrogen) atoms. The molecule has 0 spiro atoms. The second kappa shape index (κ2) is 5.33. The summed E-state index contributed by atoms with van der Waals surface area (Å²) in [6.45, 7) is 2.16. The van der Waals surface area contributed by atoms with E-state index in [1.54, 1.807) is 6.07 Å². The molecule has 0 aromatic heterocycles. The zero-order valence-corrected chi connectivity index (χ0v) is 14.3. The largest absolute Gasteiger partial charge is 0.507 e. The van der Waals surface area contributed by atoms with Gasteiger partial charge in [0.15, 0.2) is 0 Å². The van der Waals surface area contributed by atoms with Crippen LogP contribution in [-0.2, 0) is 16.0 Å². The number of Topliss-reactive ketones (excluding diaryl/α,β-unsaturated/α-hetero) is 1. The lowest BCUT2D eigenvalue weighted by molar-refractivity contribution is -0.129. The number of fused-ring (bicyclic) bond motifs is 5. The van der Waals surface area contributed by atoms with Gasteiger partial charge in [-0.2, -0.15) is 0 Å². The summed E-state index contributed by atoms with van der Waals surface area (Å²) in [5, 5.41) is 10.1. The average molecular weight is 328 g/mol. The molecular formula is C20H24O4. The van der Waals surface area contributed by atoms with Crippen molar-refractivity contribution in [2.45, 2.75) is 51.4 Å². The lowest BCUT2D eigenvalue weighted by Gasteiger charge is -2.48. The number of aromatic hydroxyl groups is 1. The van der Waals surface area contributed by atoms with Gasteiger partial charge in [0.2, 0.25) is 0 Å². The topological polar surface area (TPSA) is 63.6 Å². The average Bonchev–Trinajstić information content (AvgIpc) is 2.88. The Morgan fingerprint density at radius 2 is 2.04 bits per heavy atom. The van der Waals surface area contributed by atoms with Crippen LogP contribution in [0, 0.1) is 17.3 Å². The summed E-state index contributed by atoms with van der Waals surface area (Å²) in [6, 6.07) is 3.58. The van der Waals surface area contributed by atoms with Gasteiger partial charge in [0.1, 0.15) is 17.1 Å². The molecule has 4 heteroatoms. The SMILES string of the molecule is COC(=O)c1cc2c(cc1O)CC[C@@H]1[C@@H]2CC[C@]2(C)C(=O)CC[C@@H]12. The number of phenols is 1. The van der Waals surface area contributed by atoms with Crippen molar-refractivity contribution >= 4 is 11.8 Å². The highest BCUT2D eigenvalue weighted by Crippen LogP contribution is 2.59. The number of ketones is 1. The molecule has 4 nitrogen and oxygen atoms in total. The predicted molar refractivity (Wildman–Crippen MR) is 89.1 cm³/mol. The Labute approximate surface area is 142 Å². The first kappa shape index (κ1) is 15.7. The molecule has 3 aliphatic rings. The summed E-state index contributed by atoms with van der Waals surface area (Å²) in [5.74, 6) is 1.33. The molecule has 0 aliphatic heterocycles. The minimum atomic E-state index is -0.492. The summed E-state index contributed by atoms with van der Waals surface area (Å²) >= 11 is 0. The zero-order valence-electron chi connectivity index (χ0n) is 14.3. The summed E-state index contributed by atoms with van der Waals surface area (Å²) in [5.41, 5.74) is 2.45. The molecular weight excluding hydrogens is 304 g/mol. The molecule has 0 amide bonds. The van der Waals surface area contributed by atoms with Gasteiger partial charge in [0.25, 0.3) is 0 Å². The van der Waals surface area contributed by atoms with Crippen LogP contribution < -0.4 is 0 Å². The number of carbonyl (C=O) groups excluding carboxylic acids is 2. The van der Waals surface area contributed by atoms with Crippen LogP contribution in [0.25, 0.3) is 0 Å². The van der Waals surface area contributed by atoms with E-state index in [1.165, 1.54) is 12.7 Å². The van der Waals surface area contributed by atoms with E-state index in [9.17, 15) is 14.7 Å². The lowest BCUT2D eigenvalue weighted by atomic mass is 9.55. The van der Waals surface area contributed by atoms with Crippen LogP contribution >= 0.6 is 0 Å². The Hall–Kier alpha value is -1.84. The van der Waals surface area contributed by atoms with E-state index >= 15 is 0 Å². The van der Waals surface area contributed by atoms with E-state index in [0.29, 0.717) is 23.5 Å². The summed E-state index contributed by atoms with van der Waals surface area (Å²) in [7, 11) is 1.33. The second-order valence-electron chi connectivity index (χ2n) is 7.89. The van der Waals surface area contributed by atoms with Crippen molar-refractivity contribution in [3.05, 3.63) is 28.8 Å². The fourth-order valence-corrected chi connectivity index (χ4v) is 5.65. The summed E-state index contributed by atoms with van der Waals surface area (Å²) in [4.78, 5) is 24.3. The number of hydrogen-bond acceptors (Lipinski definition) is 4. The summed E-state index contributed by atoms with van der Waals surface area (Å²) in [6.07, 6.45) is 5.63. The number of esters is 1. The molecule has 2 saturated carbocycles. The van der Waals surface area contributed by atoms with Crippen molar-refractivity contribution < 1.29 is 19.4 Å². The third-order valence-electron chi connectivity index (χ3n) is 6.96. The van der Waals surface area contributed by atoms with Crippen molar-refractivity contribution in [1.82, 2.24) is 0 Å².